The number of anilines is 1. The van der Waals surface area contributed by atoms with Gasteiger partial charge in [0, 0.05) is 24.9 Å². The fourth-order valence-corrected chi connectivity index (χ4v) is 3.85. The quantitative estimate of drug-likeness (QED) is 0.405. The molecule has 0 aliphatic heterocycles. The number of hydrogen-bond donors (Lipinski definition) is 1. The van der Waals surface area contributed by atoms with E-state index in [0.29, 0.717) is 32.5 Å². The van der Waals surface area contributed by atoms with E-state index in [9.17, 15) is 9.59 Å². The van der Waals surface area contributed by atoms with Gasteiger partial charge in [-0.05, 0) is 35.2 Å². The Morgan fingerprint density at radius 3 is 2.45 bits per heavy atom. The van der Waals surface area contributed by atoms with Crippen molar-refractivity contribution in [3.63, 3.8) is 0 Å². The highest BCUT2D eigenvalue weighted by molar-refractivity contribution is 6.35. The molecule has 6 nitrogen and oxygen atoms in total. The molecule has 3 rings (SSSR count). The summed E-state index contributed by atoms with van der Waals surface area (Å²) in [7, 11) is 3.67. The van der Waals surface area contributed by atoms with Gasteiger partial charge in [0.05, 0.1) is 21.7 Å². The third kappa shape index (κ3) is 3.66. The summed E-state index contributed by atoms with van der Waals surface area (Å²) in [6.07, 6.45) is 1.67. The molecule has 1 heterocycles. The lowest BCUT2D eigenvalue weighted by Gasteiger charge is -2.24. The zero-order chi connectivity index (χ0) is 21.5. The molecule has 29 heavy (non-hydrogen) atoms. The van der Waals surface area contributed by atoms with E-state index >= 15 is 0 Å². The molecular formula is C22H23ClN4O2. The van der Waals surface area contributed by atoms with Gasteiger partial charge in [0.15, 0.2) is 11.6 Å². The molecule has 1 N–H and O–H groups in total. The van der Waals surface area contributed by atoms with Crippen molar-refractivity contribution in [2.75, 3.05) is 19.0 Å². The molecule has 2 aromatic carbocycles. The SMILES string of the molecule is CN(C)c1c(Cl)ccc2c(=O)c3ccc(C(C)(C)C)cc3n(CC(=O)NC#N)c12. The molecule has 0 aliphatic rings. The Morgan fingerprint density at radius 2 is 1.86 bits per heavy atom. The van der Waals surface area contributed by atoms with Crippen LogP contribution in [-0.2, 0) is 16.8 Å². The third-order valence-corrected chi connectivity index (χ3v) is 5.26. The van der Waals surface area contributed by atoms with Crippen LogP contribution in [0, 0.1) is 11.5 Å². The number of nitrogens with one attached hydrogen (secondary N) is 1. The topological polar surface area (TPSA) is 78.1 Å². The first-order valence-electron chi connectivity index (χ1n) is 9.20. The highest BCUT2D eigenvalue weighted by atomic mass is 35.5. The minimum atomic E-state index is -0.468. The van der Waals surface area contributed by atoms with E-state index in [0.717, 1.165) is 5.56 Å². The highest BCUT2D eigenvalue weighted by Crippen LogP contribution is 2.35. The van der Waals surface area contributed by atoms with Crippen LogP contribution in [-0.4, -0.2) is 24.6 Å². The molecule has 0 fully saturated rings. The predicted molar refractivity (Wildman–Crippen MR) is 118 cm³/mol. The summed E-state index contributed by atoms with van der Waals surface area (Å²) in [6.45, 7) is 6.14. The van der Waals surface area contributed by atoms with Crippen LogP contribution in [0.5, 0.6) is 0 Å². The van der Waals surface area contributed by atoms with Crippen molar-refractivity contribution in [2.45, 2.75) is 32.7 Å². The maximum absolute atomic E-state index is 13.3. The van der Waals surface area contributed by atoms with Crippen LogP contribution in [0.2, 0.25) is 5.02 Å². The molecule has 0 unspecified atom stereocenters. The van der Waals surface area contributed by atoms with Crippen molar-refractivity contribution < 1.29 is 4.79 Å². The second-order valence-corrected chi connectivity index (χ2v) is 8.65. The van der Waals surface area contributed by atoms with Crippen LogP contribution in [0.25, 0.3) is 21.8 Å². The average molecular weight is 411 g/mol. The van der Waals surface area contributed by atoms with Gasteiger partial charge >= 0.3 is 0 Å². The maximum Gasteiger partial charge on any atom is 0.252 e. The van der Waals surface area contributed by atoms with Gasteiger partial charge in [-0.2, -0.15) is 5.26 Å². The Balaban J connectivity index is 2.55. The van der Waals surface area contributed by atoms with E-state index in [1.165, 1.54) is 0 Å². The van der Waals surface area contributed by atoms with E-state index in [1.54, 1.807) is 29.0 Å². The monoisotopic (exact) mass is 410 g/mol. The number of nitriles is 1. The number of rotatable bonds is 3. The highest BCUT2D eigenvalue weighted by Gasteiger charge is 2.21. The number of carbonyl (C=O) groups excluding carboxylic acids is 1. The molecule has 1 amide bonds. The fraction of sp³-hybridized carbons (Fsp3) is 0.318. The number of carbonyl (C=O) groups is 1. The fourth-order valence-electron chi connectivity index (χ4n) is 3.53. The lowest BCUT2D eigenvalue weighted by Crippen LogP contribution is -2.26. The standard InChI is InChI=1S/C22H23ClN4O2/c1-22(2,3)13-6-7-14-17(10-13)27(11-18(28)25-12-24)19-15(21(14)29)8-9-16(23)20(19)26(4)5/h6-10H,11H2,1-5H3,(H,25,28). The minimum absolute atomic E-state index is 0.115. The molecule has 0 radical (unpaired) electrons. The summed E-state index contributed by atoms with van der Waals surface area (Å²) in [5.74, 6) is -0.468. The molecule has 0 saturated carbocycles. The second kappa shape index (κ2) is 7.41. The number of amides is 1. The molecule has 0 spiro atoms. The number of hydrogen-bond acceptors (Lipinski definition) is 4. The van der Waals surface area contributed by atoms with Gasteiger partial charge < -0.3 is 9.47 Å². The van der Waals surface area contributed by atoms with Crippen LogP contribution in [0.1, 0.15) is 26.3 Å². The average Bonchev–Trinajstić information content (AvgIpc) is 2.63. The van der Waals surface area contributed by atoms with E-state index < -0.39 is 5.91 Å². The molecular weight excluding hydrogens is 388 g/mol. The number of fused-ring (bicyclic) bond motifs is 2. The first kappa shape index (κ1) is 20.7. The molecule has 0 aliphatic carbocycles. The molecule has 150 valence electrons. The summed E-state index contributed by atoms with van der Waals surface area (Å²) >= 11 is 6.47. The second-order valence-electron chi connectivity index (χ2n) is 8.24. The van der Waals surface area contributed by atoms with Gasteiger partial charge in [0.25, 0.3) is 5.91 Å². The number of nitrogens with zero attached hydrogens (tertiary/aromatic N) is 3. The van der Waals surface area contributed by atoms with Crippen LogP contribution in [0.3, 0.4) is 0 Å². The molecule has 3 aromatic rings. The van der Waals surface area contributed by atoms with Crippen molar-refractivity contribution in [3.8, 4) is 6.19 Å². The van der Waals surface area contributed by atoms with Gasteiger partial charge in [0.1, 0.15) is 6.54 Å². The zero-order valence-corrected chi connectivity index (χ0v) is 17.9. The predicted octanol–water partition coefficient (Wildman–Crippen LogP) is 3.77. The number of pyridine rings is 1. The van der Waals surface area contributed by atoms with E-state index in [2.05, 4.69) is 26.1 Å². The maximum atomic E-state index is 13.3. The van der Waals surface area contributed by atoms with E-state index in [-0.39, 0.29) is 17.4 Å². The minimum Gasteiger partial charge on any atom is -0.375 e. The van der Waals surface area contributed by atoms with Crippen LogP contribution >= 0.6 is 11.6 Å². The van der Waals surface area contributed by atoms with Gasteiger partial charge in [-0.1, -0.05) is 38.4 Å². The Bertz CT molecular complexity index is 1230. The van der Waals surface area contributed by atoms with Crippen LogP contribution in [0.15, 0.2) is 35.1 Å². The van der Waals surface area contributed by atoms with Gasteiger partial charge in [-0.25, -0.2) is 0 Å². The zero-order valence-electron chi connectivity index (χ0n) is 17.1. The molecule has 0 saturated heterocycles. The van der Waals surface area contributed by atoms with Crippen LogP contribution in [0.4, 0.5) is 5.69 Å². The van der Waals surface area contributed by atoms with Crippen molar-refractivity contribution >= 4 is 45.0 Å². The first-order chi connectivity index (χ1) is 13.6. The largest absolute Gasteiger partial charge is 0.375 e. The van der Waals surface area contributed by atoms with Crippen molar-refractivity contribution in [1.29, 1.82) is 5.26 Å². The van der Waals surface area contributed by atoms with E-state index in [4.69, 9.17) is 16.9 Å². The molecule has 0 bridgehead atoms. The van der Waals surface area contributed by atoms with Gasteiger partial charge in [-0.15, -0.1) is 0 Å². The van der Waals surface area contributed by atoms with Gasteiger partial charge in [-0.3, -0.25) is 14.9 Å². The molecule has 1 aromatic heterocycles. The Hall–Kier alpha value is -3.04. The normalized spacial score (nSPS) is 11.5. The smallest absolute Gasteiger partial charge is 0.252 e. The number of aromatic nitrogens is 1. The van der Waals surface area contributed by atoms with Crippen molar-refractivity contribution in [1.82, 2.24) is 9.88 Å². The summed E-state index contributed by atoms with van der Waals surface area (Å²) in [5.41, 5.74) is 2.62. The molecule has 0 atom stereocenters. The third-order valence-electron chi connectivity index (χ3n) is 4.96. The summed E-state index contributed by atoms with van der Waals surface area (Å²) in [5, 5.41) is 12.5. The Kier molecular flexibility index (Phi) is 5.29. The molecule has 7 heteroatoms. The lowest BCUT2D eigenvalue weighted by atomic mass is 9.86. The summed E-state index contributed by atoms with van der Waals surface area (Å²) in [4.78, 5) is 27.4. The van der Waals surface area contributed by atoms with Crippen molar-refractivity contribution in [2.24, 2.45) is 0 Å². The van der Waals surface area contributed by atoms with E-state index in [1.807, 2.05) is 31.1 Å². The summed E-state index contributed by atoms with van der Waals surface area (Å²) < 4.78 is 1.77. The Labute approximate surface area is 174 Å². The lowest BCUT2D eigenvalue weighted by molar-refractivity contribution is -0.120. The number of halogens is 1. The number of benzene rings is 2. The van der Waals surface area contributed by atoms with Gasteiger partial charge in [0.2, 0.25) is 0 Å². The Morgan fingerprint density at radius 1 is 1.21 bits per heavy atom. The summed E-state index contributed by atoms with van der Waals surface area (Å²) in [6, 6.07) is 9.06. The first-order valence-corrected chi connectivity index (χ1v) is 9.58. The van der Waals surface area contributed by atoms with Crippen molar-refractivity contribution in [3.05, 3.63) is 51.1 Å². The van der Waals surface area contributed by atoms with Crippen LogP contribution < -0.4 is 15.6 Å².